The molecule has 2 heterocycles. The smallest absolute Gasteiger partial charge is 0.246 e. The number of carbonyl (C=O) groups is 4. The molecule has 0 spiro atoms. The third kappa shape index (κ3) is 4.44. The van der Waals surface area contributed by atoms with Gasteiger partial charge in [-0.15, -0.1) is 0 Å². The predicted molar refractivity (Wildman–Crippen MR) is 190 cm³/mol. The number of benzene rings is 4. The van der Waals surface area contributed by atoms with Crippen LogP contribution in [0.2, 0.25) is 5.02 Å². The number of imide groups is 2. The number of rotatable bonds is 6. The molecule has 250 valence electrons. The zero-order chi connectivity index (χ0) is 34.9. The molecule has 3 fully saturated rings. The van der Waals surface area contributed by atoms with Crippen molar-refractivity contribution in [1.29, 1.82) is 0 Å². The fourth-order valence-corrected chi connectivity index (χ4v) is 9.23. The highest BCUT2D eigenvalue weighted by Crippen LogP contribution is 2.65. The zero-order valence-electron chi connectivity index (χ0n) is 27.2. The van der Waals surface area contributed by atoms with Crippen molar-refractivity contribution in [3.05, 3.63) is 137 Å². The van der Waals surface area contributed by atoms with Crippen LogP contribution < -0.4 is 14.5 Å². The van der Waals surface area contributed by atoms with Crippen molar-refractivity contribution >= 4 is 52.7 Å². The van der Waals surface area contributed by atoms with Crippen molar-refractivity contribution in [2.24, 2.45) is 23.7 Å². The minimum absolute atomic E-state index is 0.0231. The number of aromatic hydroxyl groups is 1. The SMILES string of the molecule is C=Cc1ccc(N2C(=O)[C@H]3[C@H](CC=C4[C@H]3C[C@H]3C(=O)N(c5cccc(Cl)c5)C(=O)[C@@]3(c3ccccc3)[C@H]4c3ccc(O)cc3OC)C2=O)cc1. The maximum Gasteiger partial charge on any atom is 0.246 e. The van der Waals surface area contributed by atoms with Gasteiger partial charge in [0.1, 0.15) is 11.5 Å². The van der Waals surface area contributed by atoms with Gasteiger partial charge in [-0.3, -0.25) is 24.1 Å². The van der Waals surface area contributed by atoms with Gasteiger partial charge >= 0.3 is 0 Å². The molecule has 6 atom stereocenters. The monoisotopic (exact) mass is 684 g/mol. The standard InChI is InChI=1S/C41H33ClN2O6/c1-3-23-12-14-26(15-13-23)43-37(46)31-19-18-29-32(35(31)39(43)48)22-33-38(47)44(27-11-7-10-25(42)20-27)40(49)41(33,24-8-5-4-6-9-24)36(29)30-17-16-28(45)21-34(30)50-2/h3-18,20-21,31-33,35-36,45H,1,19,22H2,2H3/t31-,32+,33-,35-,36+,41+/m0/s1. The van der Waals surface area contributed by atoms with Gasteiger partial charge in [0.05, 0.1) is 41.7 Å². The summed E-state index contributed by atoms with van der Waals surface area (Å²) >= 11 is 6.40. The summed E-state index contributed by atoms with van der Waals surface area (Å²) in [6.07, 6.45) is 4.15. The van der Waals surface area contributed by atoms with E-state index in [9.17, 15) is 19.5 Å². The second kappa shape index (κ2) is 11.8. The number of phenols is 1. The third-order valence-electron chi connectivity index (χ3n) is 11.1. The molecule has 4 aliphatic rings. The Bertz CT molecular complexity index is 2130. The Morgan fingerprint density at radius 3 is 2.30 bits per heavy atom. The van der Waals surface area contributed by atoms with Crippen LogP contribution in [0.15, 0.2) is 115 Å². The number of nitrogens with zero attached hydrogens (tertiary/aromatic N) is 2. The van der Waals surface area contributed by atoms with E-state index in [-0.39, 0.29) is 30.4 Å². The molecule has 4 aromatic carbocycles. The molecule has 0 radical (unpaired) electrons. The van der Waals surface area contributed by atoms with Crippen molar-refractivity contribution in [3.63, 3.8) is 0 Å². The van der Waals surface area contributed by atoms with E-state index >= 15 is 4.79 Å². The lowest BCUT2D eigenvalue weighted by molar-refractivity contribution is -0.127. The molecule has 4 amide bonds. The number of methoxy groups -OCH3 is 1. The average molecular weight is 685 g/mol. The Balaban J connectivity index is 1.35. The molecule has 8 nitrogen and oxygen atoms in total. The van der Waals surface area contributed by atoms with Gasteiger partial charge in [0.25, 0.3) is 0 Å². The van der Waals surface area contributed by atoms with E-state index in [0.717, 1.165) is 11.1 Å². The molecule has 1 saturated carbocycles. The minimum atomic E-state index is -1.45. The van der Waals surface area contributed by atoms with E-state index in [4.69, 9.17) is 16.3 Å². The lowest BCUT2D eigenvalue weighted by Gasteiger charge is -2.51. The van der Waals surface area contributed by atoms with Crippen LogP contribution in [0.1, 0.15) is 35.4 Å². The normalized spacial score (nSPS) is 27.1. The summed E-state index contributed by atoms with van der Waals surface area (Å²) < 4.78 is 5.85. The molecule has 8 rings (SSSR count). The fraction of sp³-hybridized carbons (Fsp3) is 0.220. The first-order valence-corrected chi connectivity index (χ1v) is 16.9. The van der Waals surface area contributed by atoms with Crippen molar-refractivity contribution in [2.75, 3.05) is 16.9 Å². The molecule has 0 bridgehead atoms. The Labute approximate surface area is 294 Å². The summed E-state index contributed by atoms with van der Waals surface area (Å²) in [5.74, 6) is -4.72. The van der Waals surface area contributed by atoms with E-state index in [1.54, 1.807) is 48.5 Å². The van der Waals surface area contributed by atoms with Crippen molar-refractivity contribution < 1.29 is 29.0 Å². The van der Waals surface area contributed by atoms with E-state index in [1.807, 2.05) is 48.5 Å². The number of anilines is 2. The van der Waals surface area contributed by atoms with Crippen LogP contribution in [0.3, 0.4) is 0 Å². The van der Waals surface area contributed by atoms with Crippen LogP contribution in [0.25, 0.3) is 6.08 Å². The van der Waals surface area contributed by atoms with Crippen LogP contribution in [0.5, 0.6) is 11.5 Å². The molecule has 0 aromatic heterocycles. The summed E-state index contributed by atoms with van der Waals surface area (Å²) in [6.45, 7) is 3.80. The summed E-state index contributed by atoms with van der Waals surface area (Å²) in [7, 11) is 1.49. The van der Waals surface area contributed by atoms with Crippen LogP contribution in [-0.4, -0.2) is 35.8 Å². The van der Waals surface area contributed by atoms with E-state index < -0.39 is 46.8 Å². The molecular weight excluding hydrogens is 652 g/mol. The number of phenolic OH excluding ortho intramolecular Hbond substituents is 1. The number of allylic oxidation sites excluding steroid dienone is 2. The van der Waals surface area contributed by atoms with Crippen molar-refractivity contribution in [1.82, 2.24) is 0 Å². The summed E-state index contributed by atoms with van der Waals surface area (Å²) in [6, 6.07) is 27.8. The van der Waals surface area contributed by atoms with E-state index in [1.165, 1.54) is 29.0 Å². The van der Waals surface area contributed by atoms with Gasteiger partial charge in [-0.2, -0.15) is 0 Å². The first-order valence-electron chi connectivity index (χ1n) is 16.6. The topological polar surface area (TPSA) is 104 Å². The minimum Gasteiger partial charge on any atom is -0.508 e. The second-order valence-corrected chi connectivity index (χ2v) is 13.8. The summed E-state index contributed by atoms with van der Waals surface area (Å²) in [4.78, 5) is 61.3. The summed E-state index contributed by atoms with van der Waals surface area (Å²) in [5, 5.41) is 10.9. The average Bonchev–Trinajstić information content (AvgIpc) is 3.52. The molecule has 2 saturated heterocycles. The van der Waals surface area contributed by atoms with Gasteiger partial charge < -0.3 is 9.84 Å². The number of hydrogen-bond acceptors (Lipinski definition) is 6. The zero-order valence-corrected chi connectivity index (χ0v) is 27.9. The number of carbonyl (C=O) groups excluding carboxylic acids is 4. The number of hydrogen-bond donors (Lipinski definition) is 1. The van der Waals surface area contributed by atoms with Gasteiger partial charge in [-0.1, -0.05) is 90.5 Å². The lowest BCUT2D eigenvalue weighted by Crippen LogP contribution is -2.53. The number of amides is 4. The van der Waals surface area contributed by atoms with Gasteiger partial charge in [-0.05, 0) is 66.3 Å². The first-order chi connectivity index (χ1) is 24.2. The van der Waals surface area contributed by atoms with Crippen LogP contribution >= 0.6 is 11.6 Å². The van der Waals surface area contributed by atoms with Crippen LogP contribution in [-0.2, 0) is 24.6 Å². The molecule has 50 heavy (non-hydrogen) atoms. The largest absolute Gasteiger partial charge is 0.508 e. The van der Waals surface area contributed by atoms with Crippen LogP contribution in [0, 0.1) is 23.7 Å². The Kier molecular flexibility index (Phi) is 7.53. The van der Waals surface area contributed by atoms with E-state index in [2.05, 4.69) is 6.58 Å². The Morgan fingerprint density at radius 2 is 1.60 bits per heavy atom. The maximum atomic E-state index is 15.4. The lowest BCUT2D eigenvalue weighted by atomic mass is 9.49. The van der Waals surface area contributed by atoms with Crippen molar-refractivity contribution in [3.8, 4) is 11.5 Å². The molecular formula is C41H33ClN2O6. The quantitative estimate of drug-likeness (QED) is 0.172. The second-order valence-electron chi connectivity index (χ2n) is 13.3. The third-order valence-corrected chi connectivity index (χ3v) is 11.3. The Morgan fingerprint density at radius 1 is 0.840 bits per heavy atom. The van der Waals surface area contributed by atoms with Gasteiger partial charge in [0.15, 0.2) is 0 Å². The van der Waals surface area contributed by atoms with Gasteiger partial charge in [0.2, 0.25) is 23.6 Å². The van der Waals surface area contributed by atoms with Gasteiger partial charge in [0, 0.05) is 22.6 Å². The van der Waals surface area contributed by atoms with Crippen molar-refractivity contribution in [2.45, 2.75) is 24.2 Å². The highest BCUT2D eigenvalue weighted by molar-refractivity contribution is 6.32. The van der Waals surface area contributed by atoms with E-state index in [0.29, 0.717) is 33.3 Å². The van der Waals surface area contributed by atoms with Crippen LogP contribution in [0.4, 0.5) is 11.4 Å². The number of ether oxygens (including phenoxy) is 1. The highest BCUT2D eigenvalue weighted by atomic mass is 35.5. The molecule has 9 heteroatoms. The highest BCUT2D eigenvalue weighted by Gasteiger charge is 2.70. The number of halogens is 1. The molecule has 1 N–H and O–H groups in total. The van der Waals surface area contributed by atoms with Gasteiger partial charge in [-0.25, -0.2) is 4.90 Å². The molecule has 2 aliphatic carbocycles. The predicted octanol–water partition coefficient (Wildman–Crippen LogP) is 7.06. The first kappa shape index (κ1) is 31.8. The molecule has 2 aliphatic heterocycles. The maximum absolute atomic E-state index is 15.4. The Hall–Kier alpha value is -5.47. The summed E-state index contributed by atoms with van der Waals surface area (Å²) in [5.41, 5.74) is 2.28. The molecule has 0 unspecified atom stereocenters. The fourth-order valence-electron chi connectivity index (χ4n) is 9.04. The molecule has 4 aromatic rings. The number of fused-ring (bicyclic) bond motifs is 4.